The highest BCUT2D eigenvalue weighted by molar-refractivity contribution is 7.89. The van der Waals surface area contributed by atoms with E-state index < -0.39 is 15.8 Å². The van der Waals surface area contributed by atoms with E-state index in [0.717, 1.165) is 12.8 Å². The molecule has 3 rings (SSSR count). The minimum atomic E-state index is -3.45. The van der Waals surface area contributed by atoms with Crippen LogP contribution in [0.1, 0.15) is 12.8 Å². The third-order valence-electron chi connectivity index (χ3n) is 3.92. The Kier molecular flexibility index (Phi) is 2.90. The molecule has 1 aliphatic heterocycles. The fraction of sp³-hybridized carbons (Fsp3) is 0.462. The maximum absolute atomic E-state index is 12.8. The largest absolute Gasteiger partial charge is 0.243 e. The van der Waals surface area contributed by atoms with Crippen molar-refractivity contribution in [1.29, 1.82) is 0 Å². The molecule has 0 spiro atoms. The third-order valence-corrected chi connectivity index (χ3v) is 5.76. The summed E-state index contributed by atoms with van der Waals surface area (Å²) in [7, 11) is -3.45. The number of nitrogens with zero attached hydrogens (tertiary/aromatic N) is 1. The van der Waals surface area contributed by atoms with Gasteiger partial charge in [-0.15, -0.1) is 0 Å². The lowest BCUT2D eigenvalue weighted by molar-refractivity contribution is 0.450. The maximum Gasteiger partial charge on any atom is 0.243 e. The van der Waals surface area contributed by atoms with Crippen LogP contribution in [0.3, 0.4) is 0 Å². The van der Waals surface area contributed by atoms with Gasteiger partial charge in [0.05, 0.1) is 4.90 Å². The van der Waals surface area contributed by atoms with Gasteiger partial charge in [-0.3, -0.25) is 0 Å². The van der Waals surface area contributed by atoms with Gasteiger partial charge in [-0.05, 0) is 55.4 Å². The van der Waals surface area contributed by atoms with Crippen LogP contribution in [0.2, 0.25) is 0 Å². The van der Waals surface area contributed by atoms with Crippen molar-refractivity contribution < 1.29 is 12.8 Å². The van der Waals surface area contributed by atoms with Crippen LogP contribution in [-0.2, 0) is 10.0 Å². The third kappa shape index (κ3) is 1.95. The van der Waals surface area contributed by atoms with Crippen LogP contribution in [-0.4, -0.2) is 25.8 Å². The van der Waals surface area contributed by atoms with Gasteiger partial charge in [-0.2, -0.15) is 4.31 Å². The summed E-state index contributed by atoms with van der Waals surface area (Å²) < 4.78 is 39.1. The molecule has 2 atom stereocenters. The lowest BCUT2D eigenvalue weighted by atomic mass is 10.0. The minimum Gasteiger partial charge on any atom is -0.207 e. The quantitative estimate of drug-likeness (QED) is 0.823. The highest BCUT2D eigenvalue weighted by Gasteiger charge is 2.41. The van der Waals surface area contributed by atoms with Crippen molar-refractivity contribution in [2.24, 2.45) is 11.8 Å². The van der Waals surface area contributed by atoms with Crippen LogP contribution in [0.15, 0.2) is 29.2 Å². The second kappa shape index (κ2) is 4.31. The zero-order valence-electron chi connectivity index (χ0n) is 9.92. The van der Waals surface area contributed by atoms with Crippen molar-refractivity contribution in [1.82, 2.24) is 4.31 Å². The summed E-state index contributed by atoms with van der Waals surface area (Å²) in [6.45, 7) is 1.17. The van der Waals surface area contributed by atoms with Gasteiger partial charge in [-0.25, -0.2) is 12.8 Å². The standard InChI is InChI=1S/C13H15FNO2S/c14-12-4-6-13(7-5-12)18(16,17)15-8-10-2-1-3-11(10)9-15/h2,4-7,10-11H,1,3,8-9H2/t10?,11-/m0/s1. The average Bonchev–Trinajstić information content (AvgIpc) is 2.89. The molecule has 3 nitrogen and oxygen atoms in total. The summed E-state index contributed by atoms with van der Waals surface area (Å²) in [6, 6.07) is 5.05. The number of halogens is 1. The van der Waals surface area contributed by atoms with Gasteiger partial charge in [-0.1, -0.05) is 0 Å². The highest BCUT2D eigenvalue weighted by Crippen LogP contribution is 2.39. The Morgan fingerprint density at radius 1 is 1.17 bits per heavy atom. The second-order valence-electron chi connectivity index (χ2n) is 5.01. The van der Waals surface area contributed by atoms with Gasteiger partial charge in [0.15, 0.2) is 0 Å². The number of rotatable bonds is 2. The van der Waals surface area contributed by atoms with Crippen molar-refractivity contribution in [3.63, 3.8) is 0 Å². The number of hydrogen-bond donors (Lipinski definition) is 0. The first kappa shape index (κ1) is 12.1. The lowest BCUT2D eigenvalue weighted by Crippen LogP contribution is -2.29. The van der Waals surface area contributed by atoms with Gasteiger partial charge >= 0.3 is 0 Å². The SMILES string of the molecule is O=S(=O)(c1ccc(F)cc1)N1CC2[CH]CC[C@H]2C1. The molecule has 0 bridgehead atoms. The predicted octanol–water partition coefficient (Wildman–Crippen LogP) is 2.06. The predicted molar refractivity (Wildman–Crippen MR) is 65.7 cm³/mol. The van der Waals surface area contributed by atoms with Crippen LogP contribution in [0.4, 0.5) is 4.39 Å². The van der Waals surface area contributed by atoms with Crippen molar-refractivity contribution >= 4 is 10.0 Å². The van der Waals surface area contributed by atoms with E-state index in [9.17, 15) is 12.8 Å². The number of benzene rings is 1. The zero-order chi connectivity index (χ0) is 12.8. The second-order valence-corrected chi connectivity index (χ2v) is 6.95. The summed E-state index contributed by atoms with van der Waals surface area (Å²) in [5.74, 6) is 0.459. The lowest BCUT2D eigenvalue weighted by Gasteiger charge is -2.17. The first-order valence-corrected chi connectivity index (χ1v) is 7.60. The highest BCUT2D eigenvalue weighted by atomic mass is 32.2. The van der Waals surface area contributed by atoms with E-state index in [2.05, 4.69) is 6.42 Å². The van der Waals surface area contributed by atoms with E-state index in [-0.39, 0.29) is 4.90 Å². The van der Waals surface area contributed by atoms with Crippen LogP contribution < -0.4 is 0 Å². The summed E-state index contributed by atoms with van der Waals surface area (Å²) in [4.78, 5) is 0.184. The van der Waals surface area contributed by atoms with Gasteiger partial charge in [0, 0.05) is 13.1 Å². The van der Waals surface area contributed by atoms with Gasteiger partial charge in [0.2, 0.25) is 10.0 Å². The van der Waals surface area contributed by atoms with Gasteiger partial charge in [0.1, 0.15) is 5.82 Å². The topological polar surface area (TPSA) is 37.4 Å². The van der Waals surface area contributed by atoms with E-state index in [1.54, 1.807) is 0 Å². The Morgan fingerprint density at radius 2 is 1.89 bits per heavy atom. The molecule has 1 radical (unpaired) electrons. The normalized spacial score (nSPS) is 28.5. The molecule has 1 saturated heterocycles. The molecule has 1 aliphatic carbocycles. The molecule has 2 fully saturated rings. The number of fused-ring (bicyclic) bond motifs is 1. The van der Waals surface area contributed by atoms with Crippen LogP contribution in [0.25, 0.3) is 0 Å². The van der Waals surface area contributed by atoms with Crippen molar-refractivity contribution in [3.05, 3.63) is 36.5 Å². The first-order chi connectivity index (χ1) is 8.57. The Hall–Kier alpha value is -0.940. The van der Waals surface area contributed by atoms with Crippen LogP contribution in [0, 0.1) is 24.1 Å². The summed E-state index contributed by atoms with van der Waals surface area (Å²) in [5, 5.41) is 0. The molecule has 0 aromatic heterocycles. The van der Waals surface area contributed by atoms with Gasteiger partial charge < -0.3 is 0 Å². The summed E-state index contributed by atoms with van der Waals surface area (Å²) in [5.41, 5.74) is 0. The molecule has 97 valence electrons. The molecular weight excluding hydrogens is 253 g/mol. The number of sulfonamides is 1. The van der Waals surface area contributed by atoms with Crippen molar-refractivity contribution in [2.45, 2.75) is 17.7 Å². The Labute approximate surface area is 107 Å². The molecule has 1 aromatic rings. The van der Waals surface area contributed by atoms with E-state index in [1.807, 2.05) is 0 Å². The summed E-state index contributed by atoms with van der Waals surface area (Å²) in [6.07, 6.45) is 4.41. The van der Waals surface area contributed by atoms with Crippen molar-refractivity contribution in [2.75, 3.05) is 13.1 Å². The van der Waals surface area contributed by atoms with E-state index >= 15 is 0 Å². The molecule has 1 saturated carbocycles. The van der Waals surface area contributed by atoms with Gasteiger partial charge in [0.25, 0.3) is 0 Å². The molecule has 5 heteroatoms. The molecule has 1 aromatic carbocycles. The smallest absolute Gasteiger partial charge is 0.207 e. The molecule has 0 N–H and O–H groups in total. The molecule has 1 heterocycles. The fourth-order valence-electron chi connectivity index (χ4n) is 2.90. The van der Waals surface area contributed by atoms with E-state index in [1.165, 1.54) is 28.6 Å². The Morgan fingerprint density at radius 3 is 2.56 bits per heavy atom. The van der Waals surface area contributed by atoms with Crippen molar-refractivity contribution in [3.8, 4) is 0 Å². The zero-order valence-corrected chi connectivity index (χ0v) is 10.7. The monoisotopic (exact) mass is 268 g/mol. The van der Waals surface area contributed by atoms with E-state index in [0.29, 0.717) is 24.9 Å². The Bertz CT molecular complexity index is 529. The molecule has 2 aliphatic rings. The maximum atomic E-state index is 12.8. The van der Waals surface area contributed by atoms with E-state index in [4.69, 9.17) is 0 Å². The molecule has 18 heavy (non-hydrogen) atoms. The molecule has 0 amide bonds. The number of hydrogen-bond acceptors (Lipinski definition) is 2. The fourth-order valence-corrected chi connectivity index (χ4v) is 4.44. The molecular formula is C13H15FNO2S. The Balaban J connectivity index is 1.85. The first-order valence-electron chi connectivity index (χ1n) is 6.16. The van der Waals surface area contributed by atoms with Crippen LogP contribution in [0.5, 0.6) is 0 Å². The average molecular weight is 268 g/mol. The summed E-state index contributed by atoms with van der Waals surface area (Å²) >= 11 is 0. The molecule has 1 unspecified atom stereocenters. The van der Waals surface area contributed by atoms with Crippen LogP contribution >= 0.6 is 0 Å². The minimum absolute atomic E-state index is 0.184.